The molecular weight excluding hydrogens is 214 g/mol. The highest BCUT2D eigenvalue weighted by molar-refractivity contribution is 5.75. The van der Waals surface area contributed by atoms with Crippen LogP contribution >= 0.6 is 0 Å². The molecule has 0 radical (unpaired) electrons. The van der Waals surface area contributed by atoms with Gasteiger partial charge in [0.2, 0.25) is 0 Å². The smallest absolute Gasteiger partial charge is 0.313 e. The normalized spacial score (nSPS) is 13.6. The van der Waals surface area contributed by atoms with E-state index < -0.39 is 11.6 Å². The lowest BCUT2D eigenvalue weighted by molar-refractivity contribution is -0.156. The number of carbonyl (C=O) groups excluding carboxylic acids is 1. The highest BCUT2D eigenvalue weighted by atomic mass is 16.6. The van der Waals surface area contributed by atoms with Crippen molar-refractivity contribution in [3.8, 4) is 0 Å². The molecule has 0 saturated heterocycles. The Morgan fingerprint density at radius 3 is 2.41 bits per heavy atom. The van der Waals surface area contributed by atoms with E-state index in [0.717, 1.165) is 5.56 Å². The summed E-state index contributed by atoms with van der Waals surface area (Å²) in [6, 6.07) is 9.72. The molecule has 1 rings (SSSR count). The van der Waals surface area contributed by atoms with Crippen LogP contribution in [0.1, 0.15) is 26.3 Å². The van der Waals surface area contributed by atoms with Gasteiger partial charge in [0.15, 0.2) is 6.23 Å². The number of carbonyl (C=O) groups is 1. The Labute approximate surface area is 102 Å². The van der Waals surface area contributed by atoms with Crippen LogP contribution in [0.2, 0.25) is 0 Å². The molecule has 0 aliphatic carbocycles. The first-order valence-electron chi connectivity index (χ1n) is 5.59. The van der Waals surface area contributed by atoms with Crippen molar-refractivity contribution in [3.05, 3.63) is 42.0 Å². The van der Waals surface area contributed by atoms with E-state index in [2.05, 4.69) is 0 Å². The third kappa shape index (κ3) is 4.83. The Balaban J connectivity index is 2.53. The van der Waals surface area contributed by atoms with Gasteiger partial charge in [0.1, 0.15) is 0 Å². The summed E-state index contributed by atoms with van der Waals surface area (Å²) in [5.74, 6) is -0.303. The molecule has 1 aromatic carbocycles. The van der Waals surface area contributed by atoms with E-state index in [0.29, 0.717) is 0 Å². The largest absolute Gasteiger partial charge is 0.443 e. The predicted octanol–water partition coefficient (Wildman–Crippen LogP) is 2.57. The van der Waals surface area contributed by atoms with Gasteiger partial charge >= 0.3 is 5.97 Å². The van der Waals surface area contributed by atoms with Crippen LogP contribution in [0.4, 0.5) is 0 Å². The molecule has 0 bridgehead atoms. The minimum absolute atomic E-state index is 0.303. The topological polar surface area (TPSA) is 52.3 Å². The molecule has 1 atom stereocenters. The van der Waals surface area contributed by atoms with Gasteiger partial charge in [-0.25, -0.2) is 0 Å². The van der Waals surface area contributed by atoms with Crippen molar-refractivity contribution in [1.82, 2.24) is 0 Å². The van der Waals surface area contributed by atoms with Gasteiger partial charge in [-0.1, -0.05) is 36.4 Å². The average molecular weight is 233 g/mol. The Kier molecular flexibility index (Phi) is 4.46. The summed E-state index contributed by atoms with van der Waals surface area (Å²) in [5.41, 5.74) is 6.18. The fourth-order valence-corrected chi connectivity index (χ4v) is 1.11. The van der Waals surface area contributed by atoms with Crippen LogP contribution in [-0.2, 0) is 9.53 Å². The van der Waals surface area contributed by atoms with Gasteiger partial charge in [0, 0.05) is 0 Å². The highest BCUT2D eigenvalue weighted by Crippen LogP contribution is 2.15. The number of benzene rings is 1. The first-order chi connectivity index (χ1) is 7.89. The van der Waals surface area contributed by atoms with E-state index in [4.69, 9.17) is 10.5 Å². The van der Waals surface area contributed by atoms with E-state index in [-0.39, 0.29) is 5.97 Å². The molecule has 0 saturated carbocycles. The molecule has 3 heteroatoms. The number of hydrogen-bond donors (Lipinski definition) is 1. The Bertz CT molecular complexity index is 390. The first-order valence-corrected chi connectivity index (χ1v) is 5.59. The molecule has 1 aromatic rings. The minimum atomic E-state index is -0.707. The van der Waals surface area contributed by atoms with E-state index in [9.17, 15) is 4.79 Å². The molecule has 0 unspecified atom stereocenters. The fourth-order valence-electron chi connectivity index (χ4n) is 1.11. The van der Waals surface area contributed by atoms with Gasteiger partial charge < -0.3 is 4.74 Å². The number of rotatable bonds is 3. The fraction of sp³-hybridized carbons (Fsp3) is 0.357. The summed E-state index contributed by atoms with van der Waals surface area (Å²) in [6.07, 6.45) is 2.79. The van der Waals surface area contributed by atoms with Crippen LogP contribution in [0.5, 0.6) is 0 Å². The Hall–Kier alpha value is -1.61. The van der Waals surface area contributed by atoms with Gasteiger partial charge in [-0.3, -0.25) is 10.5 Å². The molecule has 3 nitrogen and oxygen atoms in total. The summed E-state index contributed by atoms with van der Waals surface area (Å²) >= 11 is 0. The quantitative estimate of drug-likeness (QED) is 0.645. The van der Waals surface area contributed by atoms with Crippen molar-refractivity contribution in [1.29, 1.82) is 0 Å². The lowest BCUT2D eigenvalue weighted by Gasteiger charge is -2.18. The maximum Gasteiger partial charge on any atom is 0.313 e. The third-order valence-corrected chi connectivity index (χ3v) is 2.13. The number of hydrogen-bond acceptors (Lipinski definition) is 3. The van der Waals surface area contributed by atoms with Gasteiger partial charge in [-0.05, 0) is 32.4 Å². The predicted molar refractivity (Wildman–Crippen MR) is 69.0 cm³/mol. The van der Waals surface area contributed by atoms with Gasteiger partial charge in [0.25, 0.3) is 0 Å². The summed E-state index contributed by atoms with van der Waals surface area (Å²) in [6.45, 7) is 5.38. The molecule has 0 amide bonds. The standard InChI is InChI=1S/C14H19NO2/c1-14(2,3)13(16)17-12(15)10-9-11-7-5-4-6-8-11/h4-10,12H,15H2,1-3H3/b10-9-/t12-/m1/s1. The zero-order valence-corrected chi connectivity index (χ0v) is 10.5. The zero-order chi connectivity index (χ0) is 12.9. The highest BCUT2D eigenvalue weighted by Gasteiger charge is 2.24. The van der Waals surface area contributed by atoms with Crippen LogP contribution in [0.15, 0.2) is 36.4 Å². The van der Waals surface area contributed by atoms with Crippen molar-refractivity contribution in [2.24, 2.45) is 11.1 Å². The van der Waals surface area contributed by atoms with E-state index in [1.165, 1.54) is 0 Å². The van der Waals surface area contributed by atoms with Crippen molar-refractivity contribution in [2.45, 2.75) is 27.0 Å². The Morgan fingerprint density at radius 1 is 1.29 bits per heavy atom. The monoisotopic (exact) mass is 233 g/mol. The SMILES string of the molecule is CC(C)(C)C(=O)O[C@@H](N)/C=C\c1ccccc1. The van der Waals surface area contributed by atoms with E-state index >= 15 is 0 Å². The van der Waals surface area contributed by atoms with Crippen molar-refractivity contribution in [3.63, 3.8) is 0 Å². The number of esters is 1. The van der Waals surface area contributed by atoms with E-state index in [1.807, 2.05) is 36.4 Å². The molecular formula is C14H19NO2. The van der Waals surface area contributed by atoms with Crippen LogP contribution in [0.25, 0.3) is 6.08 Å². The van der Waals surface area contributed by atoms with Crippen LogP contribution in [0, 0.1) is 5.41 Å². The minimum Gasteiger partial charge on any atom is -0.443 e. The lowest BCUT2D eigenvalue weighted by atomic mass is 9.97. The van der Waals surface area contributed by atoms with Crippen molar-refractivity contribution < 1.29 is 9.53 Å². The van der Waals surface area contributed by atoms with Gasteiger partial charge in [-0.2, -0.15) is 0 Å². The Morgan fingerprint density at radius 2 is 1.88 bits per heavy atom. The maximum absolute atomic E-state index is 11.6. The molecule has 0 heterocycles. The van der Waals surface area contributed by atoms with Gasteiger partial charge in [-0.15, -0.1) is 0 Å². The van der Waals surface area contributed by atoms with Crippen LogP contribution in [0.3, 0.4) is 0 Å². The summed E-state index contributed by atoms with van der Waals surface area (Å²) < 4.78 is 5.09. The molecule has 0 aliphatic rings. The molecule has 0 spiro atoms. The number of ether oxygens (including phenoxy) is 1. The molecule has 92 valence electrons. The summed E-state index contributed by atoms with van der Waals surface area (Å²) in [5, 5.41) is 0. The van der Waals surface area contributed by atoms with Crippen molar-refractivity contribution in [2.75, 3.05) is 0 Å². The molecule has 17 heavy (non-hydrogen) atoms. The molecule has 2 N–H and O–H groups in total. The average Bonchev–Trinajstić information content (AvgIpc) is 2.26. The second-order valence-corrected chi connectivity index (χ2v) is 4.89. The van der Waals surface area contributed by atoms with E-state index in [1.54, 1.807) is 26.8 Å². The van der Waals surface area contributed by atoms with Crippen LogP contribution < -0.4 is 5.73 Å². The third-order valence-electron chi connectivity index (χ3n) is 2.13. The van der Waals surface area contributed by atoms with Crippen LogP contribution in [-0.4, -0.2) is 12.2 Å². The molecule has 0 aromatic heterocycles. The second-order valence-electron chi connectivity index (χ2n) is 4.89. The zero-order valence-electron chi connectivity index (χ0n) is 10.5. The maximum atomic E-state index is 11.6. The number of nitrogens with two attached hydrogens (primary N) is 1. The lowest BCUT2D eigenvalue weighted by Crippen LogP contribution is -2.31. The second kappa shape index (κ2) is 5.64. The summed E-state index contributed by atoms with van der Waals surface area (Å²) in [4.78, 5) is 11.6. The molecule has 0 fully saturated rings. The van der Waals surface area contributed by atoms with Gasteiger partial charge in [0.05, 0.1) is 5.41 Å². The molecule has 0 aliphatic heterocycles. The summed E-state index contributed by atoms with van der Waals surface area (Å²) in [7, 11) is 0. The first kappa shape index (κ1) is 13.5. The van der Waals surface area contributed by atoms with Crippen molar-refractivity contribution >= 4 is 12.0 Å².